The molecule has 0 unspecified atom stereocenters. The molecule has 0 radical (unpaired) electrons. The summed E-state index contributed by atoms with van der Waals surface area (Å²) >= 11 is 3.06. The van der Waals surface area contributed by atoms with E-state index in [9.17, 15) is 4.79 Å². The average Bonchev–Trinajstić information content (AvgIpc) is 2.28. The second-order valence-corrected chi connectivity index (χ2v) is 2.57. The molecule has 6 heteroatoms. The molecule has 0 saturated heterocycles. The lowest BCUT2D eigenvalue weighted by Crippen LogP contribution is -2.03. The van der Waals surface area contributed by atoms with Crippen molar-refractivity contribution >= 4 is 21.9 Å². The van der Waals surface area contributed by atoms with Gasteiger partial charge in [-0.3, -0.25) is 0 Å². The van der Waals surface area contributed by atoms with Gasteiger partial charge in [0.2, 0.25) is 5.69 Å². The van der Waals surface area contributed by atoms with E-state index in [1.54, 1.807) is 7.05 Å². The Morgan fingerprint density at radius 1 is 1.64 bits per heavy atom. The second kappa shape index (κ2) is 3.00. The standard InChI is InChI=1S/C5H6BrN3O2/c1-9-7-3(4(6)8-9)5(10)11-2/h1-2H3. The van der Waals surface area contributed by atoms with E-state index in [0.29, 0.717) is 4.60 Å². The average molecular weight is 220 g/mol. The summed E-state index contributed by atoms with van der Waals surface area (Å²) in [5.41, 5.74) is 0.190. The van der Waals surface area contributed by atoms with Crippen LogP contribution in [0.1, 0.15) is 10.5 Å². The number of methoxy groups -OCH3 is 1. The number of esters is 1. The number of carbonyl (C=O) groups is 1. The van der Waals surface area contributed by atoms with Crippen LogP contribution in [-0.2, 0) is 11.8 Å². The summed E-state index contributed by atoms with van der Waals surface area (Å²) < 4.78 is 4.84. The van der Waals surface area contributed by atoms with Crippen molar-refractivity contribution < 1.29 is 9.53 Å². The summed E-state index contributed by atoms with van der Waals surface area (Å²) in [6.07, 6.45) is 0. The molecule has 0 aliphatic rings. The molecule has 11 heavy (non-hydrogen) atoms. The van der Waals surface area contributed by atoms with E-state index < -0.39 is 5.97 Å². The summed E-state index contributed by atoms with van der Waals surface area (Å²) in [5, 5.41) is 7.57. The topological polar surface area (TPSA) is 57.0 Å². The van der Waals surface area contributed by atoms with Crippen LogP contribution in [0.2, 0.25) is 0 Å². The molecule has 0 N–H and O–H groups in total. The van der Waals surface area contributed by atoms with Gasteiger partial charge in [0.1, 0.15) is 0 Å². The first-order valence-electron chi connectivity index (χ1n) is 2.80. The molecule has 5 nitrogen and oxygen atoms in total. The van der Waals surface area contributed by atoms with Gasteiger partial charge in [-0.05, 0) is 15.9 Å². The first-order chi connectivity index (χ1) is 5.15. The van der Waals surface area contributed by atoms with Crippen molar-refractivity contribution in [3.8, 4) is 0 Å². The minimum atomic E-state index is -0.495. The predicted molar refractivity (Wildman–Crippen MR) is 40.0 cm³/mol. The molecule has 1 heterocycles. The van der Waals surface area contributed by atoms with E-state index in [4.69, 9.17) is 0 Å². The Hall–Kier alpha value is -0.910. The van der Waals surface area contributed by atoms with Crippen LogP contribution >= 0.6 is 15.9 Å². The fourth-order valence-corrected chi connectivity index (χ4v) is 1.08. The Balaban J connectivity index is 3.03. The van der Waals surface area contributed by atoms with Crippen LogP contribution in [0.25, 0.3) is 0 Å². The third-order valence-electron chi connectivity index (χ3n) is 1.05. The van der Waals surface area contributed by atoms with Gasteiger partial charge in [0.05, 0.1) is 7.11 Å². The highest BCUT2D eigenvalue weighted by atomic mass is 79.9. The van der Waals surface area contributed by atoms with Crippen molar-refractivity contribution in [2.24, 2.45) is 7.05 Å². The number of nitrogens with zero attached hydrogens (tertiary/aromatic N) is 3. The van der Waals surface area contributed by atoms with Gasteiger partial charge in [0.15, 0.2) is 4.60 Å². The van der Waals surface area contributed by atoms with Gasteiger partial charge >= 0.3 is 5.97 Å². The Morgan fingerprint density at radius 3 is 2.64 bits per heavy atom. The Kier molecular flexibility index (Phi) is 2.23. The molecule has 1 aromatic rings. The predicted octanol–water partition coefficient (Wildman–Crippen LogP) is 0.364. The van der Waals surface area contributed by atoms with Gasteiger partial charge in [0, 0.05) is 7.05 Å². The maximum Gasteiger partial charge on any atom is 0.361 e. The van der Waals surface area contributed by atoms with Crippen molar-refractivity contribution in [3.05, 3.63) is 10.3 Å². The zero-order chi connectivity index (χ0) is 8.43. The minimum Gasteiger partial charge on any atom is -0.464 e. The van der Waals surface area contributed by atoms with Gasteiger partial charge in [0.25, 0.3) is 0 Å². The van der Waals surface area contributed by atoms with Crippen LogP contribution in [0.5, 0.6) is 0 Å². The number of aromatic nitrogens is 3. The molecule has 0 spiro atoms. The normalized spacial score (nSPS) is 9.73. The monoisotopic (exact) mass is 219 g/mol. The molecule has 0 aliphatic carbocycles. The molecule has 0 saturated carbocycles. The lowest BCUT2D eigenvalue weighted by Gasteiger charge is -1.90. The maximum absolute atomic E-state index is 10.9. The summed E-state index contributed by atoms with van der Waals surface area (Å²) in [5.74, 6) is -0.495. The lowest BCUT2D eigenvalue weighted by atomic mass is 10.5. The Bertz CT molecular complexity index is 283. The van der Waals surface area contributed by atoms with Crippen molar-refractivity contribution in [1.29, 1.82) is 0 Å². The van der Waals surface area contributed by atoms with E-state index >= 15 is 0 Å². The van der Waals surface area contributed by atoms with Crippen LogP contribution in [0.15, 0.2) is 4.60 Å². The van der Waals surface area contributed by atoms with Gasteiger partial charge in [-0.15, -0.1) is 10.2 Å². The summed E-state index contributed by atoms with van der Waals surface area (Å²) in [7, 11) is 2.92. The first-order valence-corrected chi connectivity index (χ1v) is 3.59. The van der Waals surface area contributed by atoms with E-state index in [0.717, 1.165) is 0 Å². The van der Waals surface area contributed by atoms with Gasteiger partial charge < -0.3 is 4.74 Å². The van der Waals surface area contributed by atoms with Gasteiger partial charge in [-0.1, -0.05) is 0 Å². The molecular weight excluding hydrogens is 214 g/mol. The fourth-order valence-electron chi connectivity index (χ4n) is 0.604. The highest BCUT2D eigenvalue weighted by molar-refractivity contribution is 9.10. The molecule has 0 bridgehead atoms. The first kappa shape index (κ1) is 8.19. The molecule has 0 atom stereocenters. The number of halogens is 1. The molecule has 0 aromatic carbocycles. The molecule has 0 fully saturated rings. The molecule has 0 amide bonds. The third-order valence-corrected chi connectivity index (χ3v) is 1.59. The molecular formula is C5H6BrN3O2. The van der Waals surface area contributed by atoms with Crippen LogP contribution < -0.4 is 0 Å². The van der Waals surface area contributed by atoms with Crippen molar-refractivity contribution in [2.45, 2.75) is 0 Å². The van der Waals surface area contributed by atoms with Gasteiger partial charge in [-0.25, -0.2) is 4.79 Å². The molecule has 0 aliphatic heterocycles. The molecule has 1 rings (SSSR count). The highest BCUT2D eigenvalue weighted by Crippen LogP contribution is 2.10. The SMILES string of the molecule is COC(=O)c1nn(C)nc1Br. The van der Waals surface area contributed by atoms with Crippen molar-refractivity contribution in [1.82, 2.24) is 15.0 Å². The zero-order valence-corrected chi connectivity index (χ0v) is 7.62. The maximum atomic E-state index is 10.9. The number of aryl methyl sites for hydroxylation is 1. The Labute approximate surface area is 71.5 Å². The summed E-state index contributed by atoms with van der Waals surface area (Å²) in [6.45, 7) is 0. The van der Waals surface area contributed by atoms with Crippen LogP contribution in [-0.4, -0.2) is 28.1 Å². The number of hydrogen-bond donors (Lipinski definition) is 0. The number of ether oxygens (including phenoxy) is 1. The largest absolute Gasteiger partial charge is 0.464 e. The van der Waals surface area contributed by atoms with E-state index in [1.165, 1.54) is 11.9 Å². The molecule has 1 aromatic heterocycles. The summed E-state index contributed by atoms with van der Waals surface area (Å²) in [6, 6.07) is 0. The number of rotatable bonds is 1. The van der Waals surface area contributed by atoms with E-state index in [1.807, 2.05) is 0 Å². The van der Waals surface area contributed by atoms with Crippen molar-refractivity contribution in [2.75, 3.05) is 7.11 Å². The van der Waals surface area contributed by atoms with Crippen LogP contribution in [0, 0.1) is 0 Å². The second-order valence-electron chi connectivity index (χ2n) is 1.82. The number of carbonyl (C=O) groups excluding carboxylic acids is 1. The van der Waals surface area contributed by atoms with Crippen molar-refractivity contribution in [3.63, 3.8) is 0 Å². The Morgan fingerprint density at radius 2 is 2.27 bits per heavy atom. The summed E-state index contributed by atoms with van der Waals surface area (Å²) in [4.78, 5) is 12.2. The zero-order valence-electron chi connectivity index (χ0n) is 6.04. The fraction of sp³-hybridized carbons (Fsp3) is 0.400. The van der Waals surface area contributed by atoms with Crippen LogP contribution in [0.3, 0.4) is 0 Å². The number of hydrogen-bond acceptors (Lipinski definition) is 4. The highest BCUT2D eigenvalue weighted by Gasteiger charge is 2.15. The quantitative estimate of drug-likeness (QED) is 0.641. The smallest absolute Gasteiger partial charge is 0.361 e. The van der Waals surface area contributed by atoms with E-state index in [2.05, 4.69) is 30.9 Å². The third kappa shape index (κ3) is 1.56. The lowest BCUT2D eigenvalue weighted by molar-refractivity contribution is 0.0592. The van der Waals surface area contributed by atoms with Gasteiger partial charge in [-0.2, -0.15) is 4.80 Å². The van der Waals surface area contributed by atoms with E-state index in [-0.39, 0.29) is 5.69 Å². The minimum absolute atomic E-state index is 0.190. The van der Waals surface area contributed by atoms with Crippen LogP contribution in [0.4, 0.5) is 0 Å². The molecule has 60 valence electrons.